The molecule has 14 heavy (non-hydrogen) atoms. The smallest absolute Gasteiger partial charge is 0.155 e. The molecule has 0 saturated heterocycles. The van der Waals surface area contributed by atoms with Gasteiger partial charge < -0.3 is 0 Å². The topological polar surface area (TPSA) is 17.1 Å². The Bertz CT molecular complexity index is 187. The van der Waals surface area contributed by atoms with Crippen molar-refractivity contribution in [2.75, 3.05) is 0 Å². The number of hydrogen-bond donors (Lipinski definition) is 0. The van der Waals surface area contributed by atoms with Crippen molar-refractivity contribution in [3.8, 4) is 0 Å². The third kappa shape index (κ3) is 4.59. The first-order chi connectivity index (χ1) is 6.83. The molecule has 1 heteroatoms. The fourth-order valence-electron chi connectivity index (χ4n) is 2.03. The number of allylic oxidation sites excluding steroid dienone is 2. The minimum Gasteiger partial charge on any atom is -0.295 e. The molecule has 0 radical (unpaired) electrons. The van der Waals surface area contributed by atoms with Gasteiger partial charge in [-0.3, -0.25) is 4.79 Å². The van der Waals surface area contributed by atoms with Crippen molar-refractivity contribution in [1.29, 1.82) is 0 Å². The Hall–Kier alpha value is -0.590. The molecular weight excluding hydrogens is 172 g/mol. The van der Waals surface area contributed by atoms with Crippen LogP contribution in [-0.4, -0.2) is 5.78 Å². The molecule has 0 aromatic rings. The molecule has 0 amide bonds. The van der Waals surface area contributed by atoms with E-state index in [0.717, 1.165) is 12.8 Å². The maximum atomic E-state index is 11.4. The van der Waals surface area contributed by atoms with Crippen LogP contribution in [0.5, 0.6) is 0 Å². The Balaban J connectivity index is 2.12. The van der Waals surface area contributed by atoms with Crippen LogP contribution in [-0.2, 0) is 4.79 Å². The van der Waals surface area contributed by atoms with Gasteiger partial charge in [0.15, 0.2) is 5.78 Å². The van der Waals surface area contributed by atoms with E-state index in [1.54, 1.807) is 0 Å². The zero-order chi connectivity index (χ0) is 10.2. The van der Waals surface area contributed by atoms with Gasteiger partial charge in [0.25, 0.3) is 0 Å². The summed E-state index contributed by atoms with van der Waals surface area (Å²) in [6.07, 6.45) is 13.4. The fourth-order valence-corrected chi connectivity index (χ4v) is 2.03. The van der Waals surface area contributed by atoms with Crippen LogP contribution in [0.15, 0.2) is 12.2 Å². The van der Waals surface area contributed by atoms with E-state index in [9.17, 15) is 4.79 Å². The first kappa shape index (κ1) is 11.5. The molecule has 0 heterocycles. The van der Waals surface area contributed by atoms with Crippen LogP contribution in [0, 0.1) is 5.92 Å². The Morgan fingerprint density at radius 2 is 2.00 bits per heavy atom. The monoisotopic (exact) mass is 194 g/mol. The van der Waals surface area contributed by atoms with Gasteiger partial charge in [0.2, 0.25) is 0 Å². The third-order valence-corrected chi connectivity index (χ3v) is 2.98. The molecule has 0 aromatic heterocycles. The summed E-state index contributed by atoms with van der Waals surface area (Å²) in [5, 5.41) is 0. The molecule has 0 N–H and O–H groups in total. The second kappa shape index (κ2) is 6.80. The molecule has 0 bridgehead atoms. The van der Waals surface area contributed by atoms with Crippen LogP contribution in [0.1, 0.15) is 58.3 Å². The number of ketones is 1. The van der Waals surface area contributed by atoms with Gasteiger partial charge in [-0.25, -0.2) is 0 Å². The van der Waals surface area contributed by atoms with Crippen LogP contribution >= 0.6 is 0 Å². The molecule has 1 fully saturated rings. The van der Waals surface area contributed by atoms with Crippen molar-refractivity contribution < 1.29 is 4.79 Å². The second-order valence-corrected chi connectivity index (χ2v) is 4.33. The lowest BCUT2D eigenvalue weighted by atomic mass is 10.1. The standard InChI is InChI=1S/C13H22O/c1-2-3-4-9-13(14)11-10-12-7-5-6-8-12/h10-12H,2-9H2,1H3. The summed E-state index contributed by atoms with van der Waals surface area (Å²) in [6, 6.07) is 0. The summed E-state index contributed by atoms with van der Waals surface area (Å²) in [6.45, 7) is 2.17. The summed E-state index contributed by atoms with van der Waals surface area (Å²) in [5.41, 5.74) is 0. The van der Waals surface area contributed by atoms with Crippen LogP contribution in [0.25, 0.3) is 0 Å². The van der Waals surface area contributed by atoms with Crippen molar-refractivity contribution in [1.82, 2.24) is 0 Å². The highest BCUT2D eigenvalue weighted by Gasteiger charge is 2.11. The van der Waals surface area contributed by atoms with E-state index >= 15 is 0 Å². The van der Waals surface area contributed by atoms with Crippen LogP contribution in [0.4, 0.5) is 0 Å². The van der Waals surface area contributed by atoms with Gasteiger partial charge >= 0.3 is 0 Å². The third-order valence-electron chi connectivity index (χ3n) is 2.98. The van der Waals surface area contributed by atoms with Gasteiger partial charge in [0.1, 0.15) is 0 Å². The van der Waals surface area contributed by atoms with Gasteiger partial charge in [-0.1, -0.05) is 38.7 Å². The van der Waals surface area contributed by atoms with E-state index in [2.05, 4.69) is 13.0 Å². The average molecular weight is 194 g/mol. The molecule has 0 atom stereocenters. The van der Waals surface area contributed by atoms with Crippen LogP contribution < -0.4 is 0 Å². The van der Waals surface area contributed by atoms with E-state index in [1.807, 2.05) is 6.08 Å². The molecule has 1 nitrogen and oxygen atoms in total. The highest BCUT2D eigenvalue weighted by Crippen LogP contribution is 2.25. The lowest BCUT2D eigenvalue weighted by Crippen LogP contribution is -1.94. The molecule has 1 aliphatic rings. The van der Waals surface area contributed by atoms with Crippen LogP contribution in [0.2, 0.25) is 0 Å². The summed E-state index contributed by atoms with van der Waals surface area (Å²) in [5.74, 6) is 1.02. The number of carbonyl (C=O) groups is 1. The summed E-state index contributed by atoms with van der Waals surface area (Å²) >= 11 is 0. The number of rotatable bonds is 6. The van der Waals surface area contributed by atoms with Crippen molar-refractivity contribution in [2.24, 2.45) is 5.92 Å². The van der Waals surface area contributed by atoms with Crippen molar-refractivity contribution in [3.05, 3.63) is 12.2 Å². The maximum absolute atomic E-state index is 11.4. The van der Waals surface area contributed by atoms with Gasteiger partial charge in [0.05, 0.1) is 0 Å². The predicted octanol–water partition coefficient (Wildman–Crippen LogP) is 3.88. The van der Waals surface area contributed by atoms with E-state index in [1.165, 1.54) is 38.5 Å². The summed E-state index contributed by atoms with van der Waals surface area (Å²) in [4.78, 5) is 11.4. The first-order valence-electron chi connectivity index (χ1n) is 6.04. The number of carbonyl (C=O) groups excluding carboxylic acids is 1. The summed E-state index contributed by atoms with van der Waals surface area (Å²) in [7, 11) is 0. The molecule has 80 valence electrons. The molecule has 0 unspecified atom stereocenters. The number of unbranched alkanes of at least 4 members (excludes halogenated alkanes) is 2. The Morgan fingerprint density at radius 1 is 1.29 bits per heavy atom. The summed E-state index contributed by atoms with van der Waals surface area (Å²) < 4.78 is 0. The predicted molar refractivity (Wildman–Crippen MR) is 60.2 cm³/mol. The van der Waals surface area contributed by atoms with Crippen molar-refractivity contribution >= 4 is 5.78 Å². The van der Waals surface area contributed by atoms with Gasteiger partial charge in [0, 0.05) is 6.42 Å². The largest absolute Gasteiger partial charge is 0.295 e. The lowest BCUT2D eigenvalue weighted by Gasteiger charge is -1.99. The highest BCUT2D eigenvalue weighted by molar-refractivity contribution is 5.89. The van der Waals surface area contributed by atoms with Gasteiger partial charge in [-0.05, 0) is 31.3 Å². The quantitative estimate of drug-likeness (QED) is 0.463. The molecule has 0 aromatic carbocycles. The zero-order valence-corrected chi connectivity index (χ0v) is 9.30. The highest BCUT2D eigenvalue weighted by atomic mass is 16.1. The van der Waals surface area contributed by atoms with Gasteiger partial charge in [-0.15, -0.1) is 0 Å². The van der Waals surface area contributed by atoms with Gasteiger partial charge in [-0.2, -0.15) is 0 Å². The Morgan fingerprint density at radius 3 is 2.64 bits per heavy atom. The first-order valence-corrected chi connectivity index (χ1v) is 6.04. The van der Waals surface area contributed by atoms with Crippen LogP contribution in [0.3, 0.4) is 0 Å². The number of hydrogen-bond acceptors (Lipinski definition) is 1. The fraction of sp³-hybridized carbons (Fsp3) is 0.769. The minimum absolute atomic E-state index is 0.324. The Kier molecular flexibility index (Phi) is 5.58. The van der Waals surface area contributed by atoms with E-state index in [-0.39, 0.29) is 0 Å². The minimum atomic E-state index is 0.324. The average Bonchev–Trinajstić information content (AvgIpc) is 2.68. The molecular formula is C13H22O. The normalized spacial score (nSPS) is 18.1. The SMILES string of the molecule is CCCCCC(=O)C=CC1CCCC1. The van der Waals surface area contributed by atoms with Crippen molar-refractivity contribution in [3.63, 3.8) is 0 Å². The molecule has 1 rings (SSSR count). The molecule has 0 aliphatic heterocycles. The second-order valence-electron chi connectivity index (χ2n) is 4.33. The van der Waals surface area contributed by atoms with E-state index in [4.69, 9.17) is 0 Å². The molecule has 1 aliphatic carbocycles. The molecule has 0 spiro atoms. The maximum Gasteiger partial charge on any atom is 0.155 e. The zero-order valence-electron chi connectivity index (χ0n) is 9.30. The van der Waals surface area contributed by atoms with E-state index < -0.39 is 0 Å². The lowest BCUT2D eigenvalue weighted by molar-refractivity contribution is -0.114. The van der Waals surface area contributed by atoms with Crippen molar-refractivity contribution in [2.45, 2.75) is 58.3 Å². The Labute approximate surface area is 87.6 Å². The molecule has 1 saturated carbocycles. The van der Waals surface area contributed by atoms with E-state index in [0.29, 0.717) is 11.7 Å².